The number of fused-ring (bicyclic) bond motifs is 1. The zero-order valence-corrected chi connectivity index (χ0v) is 7.07. The molecule has 66 valence electrons. The molecule has 2 rings (SSSR count). The van der Waals surface area contributed by atoms with Crippen molar-refractivity contribution in [1.29, 1.82) is 0 Å². The zero-order chi connectivity index (χ0) is 9.42. The first-order valence-corrected chi connectivity index (χ1v) is 3.91. The summed E-state index contributed by atoms with van der Waals surface area (Å²) in [5.74, 6) is -0.490. The van der Waals surface area contributed by atoms with E-state index >= 15 is 0 Å². The molecule has 0 bridgehead atoms. The SMILES string of the molecule is CC(=O)c1c(O)oc2ccccc12. The lowest BCUT2D eigenvalue weighted by atomic mass is 10.1. The van der Waals surface area contributed by atoms with Gasteiger partial charge in [-0.2, -0.15) is 0 Å². The van der Waals surface area contributed by atoms with Crippen LogP contribution in [0.1, 0.15) is 17.3 Å². The molecule has 0 unspecified atom stereocenters. The Morgan fingerprint density at radius 1 is 1.38 bits per heavy atom. The zero-order valence-electron chi connectivity index (χ0n) is 7.07. The third-order valence-electron chi connectivity index (χ3n) is 1.93. The van der Waals surface area contributed by atoms with Crippen molar-refractivity contribution in [3.05, 3.63) is 29.8 Å². The number of para-hydroxylation sites is 1. The third kappa shape index (κ3) is 1.09. The van der Waals surface area contributed by atoms with Crippen LogP contribution < -0.4 is 0 Å². The van der Waals surface area contributed by atoms with E-state index in [-0.39, 0.29) is 17.3 Å². The van der Waals surface area contributed by atoms with Crippen molar-refractivity contribution in [3.8, 4) is 5.95 Å². The van der Waals surface area contributed by atoms with Gasteiger partial charge >= 0.3 is 0 Å². The van der Waals surface area contributed by atoms with Crippen LogP contribution in [0.15, 0.2) is 28.7 Å². The predicted octanol–water partition coefficient (Wildman–Crippen LogP) is 2.34. The summed E-state index contributed by atoms with van der Waals surface area (Å²) < 4.78 is 5.00. The Morgan fingerprint density at radius 3 is 2.77 bits per heavy atom. The van der Waals surface area contributed by atoms with E-state index in [0.717, 1.165) is 0 Å². The lowest BCUT2D eigenvalue weighted by molar-refractivity contribution is 0.101. The van der Waals surface area contributed by atoms with Crippen molar-refractivity contribution in [2.75, 3.05) is 0 Å². The Bertz CT molecular complexity index is 468. The molecule has 13 heavy (non-hydrogen) atoms. The molecule has 1 N–H and O–H groups in total. The Kier molecular flexibility index (Phi) is 1.59. The molecule has 0 spiro atoms. The van der Waals surface area contributed by atoms with Crippen LogP contribution in [0.3, 0.4) is 0 Å². The molecular formula is C10H8O3. The topological polar surface area (TPSA) is 50.4 Å². The second kappa shape index (κ2) is 2.62. The molecule has 0 radical (unpaired) electrons. The summed E-state index contributed by atoms with van der Waals surface area (Å²) in [6.45, 7) is 1.40. The van der Waals surface area contributed by atoms with Gasteiger partial charge in [-0.25, -0.2) is 0 Å². The van der Waals surface area contributed by atoms with Gasteiger partial charge in [0.05, 0.1) is 0 Å². The highest BCUT2D eigenvalue weighted by molar-refractivity contribution is 6.08. The van der Waals surface area contributed by atoms with Crippen LogP contribution in [-0.2, 0) is 0 Å². The highest BCUT2D eigenvalue weighted by atomic mass is 16.5. The fourth-order valence-corrected chi connectivity index (χ4v) is 1.37. The molecule has 1 aromatic carbocycles. The van der Waals surface area contributed by atoms with E-state index in [1.54, 1.807) is 24.3 Å². The van der Waals surface area contributed by atoms with E-state index in [9.17, 15) is 9.90 Å². The third-order valence-corrected chi connectivity index (χ3v) is 1.93. The Balaban J connectivity index is 2.86. The first-order valence-electron chi connectivity index (χ1n) is 3.91. The number of aromatic hydroxyl groups is 1. The largest absolute Gasteiger partial charge is 0.480 e. The Morgan fingerprint density at radius 2 is 2.08 bits per heavy atom. The Hall–Kier alpha value is -1.77. The summed E-state index contributed by atoms with van der Waals surface area (Å²) in [5, 5.41) is 9.98. The van der Waals surface area contributed by atoms with Crippen LogP contribution in [0.5, 0.6) is 5.95 Å². The van der Waals surface area contributed by atoms with Gasteiger partial charge in [0.2, 0.25) is 0 Å². The smallest absolute Gasteiger partial charge is 0.294 e. The summed E-state index contributed by atoms with van der Waals surface area (Å²) in [6, 6.07) is 7.04. The average molecular weight is 176 g/mol. The van der Waals surface area contributed by atoms with Crippen molar-refractivity contribution in [3.63, 3.8) is 0 Å². The molecular weight excluding hydrogens is 168 g/mol. The second-order valence-electron chi connectivity index (χ2n) is 2.83. The highest BCUT2D eigenvalue weighted by Gasteiger charge is 2.16. The molecule has 0 saturated heterocycles. The van der Waals surface area contributed by atoms with Gasteiger partial charge in [-0.05, 0) is 13.0 Å². The van der Waals surface area contributed by atoms with Gasteiger partial charge in [0.25, 0.3) is 5.95 Å². The van der Waals surface area contributed by atoms with Crippen molar-refractivity contribution in [1.82, 2.24) is 0 Å². The minimum absolute atomic E-state index is 0.192. The standard InChI is InChI=1S/C10H8O3/c1-6(11)9-7-4-2-3-5-8(7)13-10(9)12/h2-5,12H,1H3. The first kappa shape index (κ1) is 7.86. The summed E-state index contributed by atoms with van der Waals surface area (Å²) in [7, 11) is 0. The number of hydrogen-bond acceptors (Lipinski definition) is 3. The van der Waals surface area contributed by atoms with Crippen LogP contribution in [0.25, 0.3) is 11.0 Å². The summed E-state index contributed by atoms with van der Waals surface area (Å²) in [4.78, 5) is 11.1. The van der Waals surface area contributed by atoms with Crippen molar-refractivity contribution in [2.24, 2.45) is 0 Å². The van der Waals surface area contributed by atoms with Gasteiger partial charge in [-0.1, -0.05) is 18.2 Å². The van der Waals surface area contributed by atoms with Crippen molar-refractivity contribution < 1.29 is 14.3 Å². The van der Waals surface area contributed by atoms with Crippen LogP contribution in [-0.4, -0.2) is 10.9 Å². The van der Waals surface area contributed by atoms with Gasteiger partial charge in [0, 0.05) is 5.39 Å². The quantitative estimate of drug-likeness (QED) is 0.678. The number of Topliss-reactive ketones (excluding diaryl/α,β-unsaturated/α-hetero) is 1. The van der Waals surface area contributed by atoms with Gasteiger partial charge < -0.3 is 9.52 Å². The molecule has 0 amide bonds. The monoisotopic (exact) mass is 176 g/mol. The van der Waals surface area contributed by atoms with Gasteiger partial charge in [-0.3, -0.25) is 4.79 Å². The van der Waals surface area contributed by atoms with Crippen LogP contribution in [0.2, 0.25) is 0 Å². The molecule has 0 fully saturated rings. The molecule has 2 aromatic rings. The normalized spacial score (nSPS) is 10.5. The summed E-state index contributed by atoms with van der Waals surface area (Å²) >= 11 is 0. The molecule has 0 aliphatic heterocycles. The highest BCUT2D eigenvalue weighted by Crippen LogP contribution is 2.30. The number of ketones is 1. The van der Waals surface area contributed by atoms with Crippen LogP contribution in [0.4, 0.5) is 0 Å². The van der Waals surface area contributed by atoms with Gasteiger partial charge in [-0.15, -0.1) is 0 Å². The maximum Gasteiger partial charge on any atom is 0.294 e. The fraction of sp³-hybridized carbons (Fsp3) is 0.100. The maximum atomic E-state index is 11.1. The van der Waals surface area contributed by atoms with Crippen LogP contribution >= 0.6 is 0 Å². The van der Waals surface area contributed by atoms with Crippen LogP contribution in [0, 0.1) is 0 Å². The molecule has 1 aromatic heterocycles. The predicted molar refractivity (Wildman–Crippen MR) is 47.9 cm³/mol. The fourth-order valence-electron chi connectivity index (χ4n) is 1.37. The lowest BCUT2D eigenvalue weighted by Crippen LogP contribution is -1.89. The minimum atomic E-state index is -0.297. The van der Waals surface area contributed by atoms with Crippen molar-refractivity contribution in [2.45, 2.75) is 6.92 Å². The van der Waals surface area contributed by atoms with E-state index < -0.39 is 0 Å². The van der Waals surface area contributed by atoms with Gasteiger partial charge in [0.1, 0.15) is 11.1 Å². The maximum absolute atomic E-state index is 11.1. The first-order chi connectivity index (χ1) is 6.20. The lowest BCUT2D eigenvalue weighted by Gasteiger charge is -1.89. The molecule has 0 aliphatic carbocycles. The summed E-state index contributed by atoms with van der Waals surface area (Å²) in [5.41, 5.74) is 0.792. The van der Waals surface area contributed by atoms with E-state index in [1.165, 1.54) is 6.92 Å². The van der Waals surface area contributed by atoms with E-state index in [2.05, 4.69) is 0 Å². The number of benzene rings is 1. The molecule has 3 nitrogen and oxygen atoms in total. The van der Waals surface area contributed by atoms with Crippen molar-refractivity contribution >= 4 is 16.8 Å². The number of hydrogen-bond donors (Lipinski definition) is 1. The summed E-state index contributed by atoms with van der Waals surface area (Å²) in [6.07, 6.45) is 0. The molecule has 0 aliphatic rings. The number of furan rings is 1. The van der Waals surface area contributed by atoms with E-state index in [0.29, 0.717) is 11.0 Å². The minimum Gasteiger partial charge on any atom is -0.480 e. The van der Waals surface area contributed by atoms with E-state index in [4.69, 9.17) is 4.42 Å². The van der Waals surface area contributed by atoms with Gasteiger partial charge in [0.15, 0.2) is 5.78 Å². The Labute approximate surface area is 74.6 Å². The number of carbonyl (C=O) groups is 1. The molecule has 3 heteroatoms. The molecule has 0 saturated carbocycles. The second-order valence-corrected chi connectivity index (χ2v) is 2.83. The number of rotatable bonds is 1. The van der Waals surface area contributed by atoms with E-state index in [1.807, 2.05) is 0 Å². The molecule has 0 atom stereocenters. The number of carbonyl (C=O) groups excluding carboxylic acids is 1. The molecule has 1 heterocycles. The average Bonchev–Trinajstić information content (AvgIpc) is 2.39.